The molecule has 1 aliphatic heterocycles. The smallest absolute Gasteiger partial charge is 0.294 e. The van der Waals surface area contributed by atoms with Crippen LogP contribution in [0.1, 0.15) is 22.2 Å². The summed E-state index contributed by atoms with van der Waals surface area (Å²) < 4.78 is 25.1. The van der Waals surface area contributed by atoms with Crippen molar-refractivity contribution in [1.29, 1.82) is 0 Å². The van der Waals surface area contributed by atoms with E-state index in [-0.39, 0.29) is 22.6 Å². The fraction of sp³-hybridized carbons (Fsp3) is 0.0769. The molecule has 1 N–H and O–H groups in total. The van der Waals surface area contributed by atoms with Gasteiger partial charge in [0.25, 0.3) is 5.91 Å². The predicted molar refractivity (Wildman–Crippen MR) is 130 cm³/mol. The van der Waals surface area contributed by atoms with Crippen molar-refractivity contribution in [2.75, 3.05) is 12.0 Å². The van der Waals surface area contributed by atoms with Crippen molar-refractivity contribution < 1.29 is 28.2 Å². The molecule has 3 aromatic carbocycles. The zero-order valence-electron chi connectivity index (χ0n) is 18.1. The quantitative estimate of drug-likeness (QED) is 0.302. The fourth-order valence-corrected chi connectivity index (χ4v) is 4.51. The molecule has 6 nitrogen and oxygen atoms in total. The average Bonchev–Trinajstić information content (AvgIpc) is 3.37. The zero-order valence-corrected chi connectivity index (χ0v) is 19.6. The maximum absolute atomic E-state index is 14.0. The third kappa shape index (κ3) is 3.92. The monoisotopic (exact) mass is 511 g/mol. The molecule has 176 valence electrons. The lowest BCUT2D eigenvalue weighted by molar-refractivity contribution is -0.117. The minimum absolute atomic E-state index is 0.130. The van der Waals surface area contributed by atoms with Gasteiger partial charge in [0, 0.05) is 27.2 Å². The Kier molecular flexibility index (Phi) is 5.75. The summed E-state index contributed by atoms with van der Waals surface area (Å²) in [6.07, 6.45) is 0. The molecule has 0 aliphatic carbocycles. The van der Waals surface area contributed by atoms with Gasteiger partial charge in [0.1, 0.15) is 5.82 Å². The minimum Gasteiger partial charge on any atom is -0.503 e. The molecule has 0 saturated carbocycles. The maximum Gasteiger partial charge on any atom is 0.294 e. The van der Waals surface area contributed by atoms with Crippen molar-refractivity contribution in [3.8, 4) is 5.75 Å². The van der Waals surface area contributed by atoms with Crippen LogP contribution >= 0.6 is 23.2 Å². The molecule has 9 heteroatoms. The summed E-state index contributed by atoms with van der Waals surface area (Å²) in [5.41, 5.74) is 0.721. The van der Waals surface area contributed by atoms with Gasteiger partial charge in [0.05, 0.1) is 18.7 Å². The number of methoxy groups -OCH3 is 1. The number of aliphatic hydroxyl groups excluding tert-OH is 1. The summed E-state index contributed by atoms with van der Waals surface area (Å²) in [7, 11) is 1.44. The number of rotatable bonds is 5. The van der Waals surface area contributed by atoms with Gasteiger partial charge >= 0.3 is 0 Å². The molecule has 4 aromatic rings. The van der Waals surface area contributed by atoms with Crippen LogP contribution in [0.5, 0.6) is 5.75 Å². The maximum atomic E-state index is 14.0. The van der Waals surface area contributed by atoms with Crippen LogP contribution in [0.4, 0.5) is 10.1 Å². The Morgan fingerprint density at radius 2 is 1.80 bits per heavy atom. The largest absolute Gasteiger partial charge is 0.503 e. The molecule has 35 heavy (non-hydrogen) atoms. The standard InChI is InChI=1S/C26H16Cl2FNO5/c1-34-20-11-16(28)9-14-10-19(35-25(14)20)23(31)21-22(13-5-7-15(27)8-6-13)30(26(33)24(21)32)18-4-2-3-17(29)12-18/h2-12,22,32H,1H3. The van der Waals surface area contributed by atoms with Gasteiger partial charge in [-0.2, -0.15) is 0 Å². The van der Waals surface area contributed by atoms with Gasteiger partial charge in [0.2, 0.25) is 5.78 Å². The Labute approximate surface area is 208 Å². The Morgan fingerprint density at radius 3 is 2.49 bits per heavy atom. The van der Waals surface area contributed by atoms with E-state index in [2.05, 4.69) is 0 Å². The number of Topliss-reactive ketones (excluding diaryl/α,β-unsaturated/α-hetero) is 1. The fourth-order valence-electron chi connectivity index (χ4n) is 4.17. The Bertz CT molecular complexity index is 1530. The van der Waals surface area contributed by atoms with Crippen LogP contribution in [0.25, 0.3) is 11.0 Å². The molecule has 1 aliphatic rings. The highest BCUT2D eigenvalue weighted by Crippen LogP contribution is 2.43. The number of anilines is 1. The SMILES string of the molecule is COc1cc(Cl)cc2cc(C(=O)C3=C(O)C(=O)N(c4cccc(F)c4)C3c3ccc(Cl)cc3)oc12. The summed E-state index contributed by atoms with van der Waals surface area (Å²) in [5.74, 6) is -2.71. The molecular formula is C26H16Cl2FNO5. The van der Waals surface area contributed by atoms with Gasteiger partial charge in [-0.15, -0.1) is 0 Å². The number of fused-ring (bicyclic) bond motifs is 1. The summed E-state index contributed by atoms with van der Waals surface area (Å²) >= 11 is 12.2. The molecule has 2 heterocycles. The third-order valence-corrected chi connectivity index (χ3v) is 6.19. The molecule has 1 atom stereocenters. The van der Waals surface area contributed by atoms with Crippen LogP contribution in [0.2, 0.25) is 10.0 Å². The first-order valence-corrected chi connectivity index (χ1v) is 11.1. The normalized spacial score (nSPS) is 15.8. The number of nitrogens with zero attached hydrogens (tertiary/aromatic N) is 1. The second-order valence-electron chi connectivity index (χ2n) is 7.84. The molecule has 0 bridgehead atoms. The number of furan rings is 1. The van der Waals surface area contributed by atoms with Gasteiger partial charge < -0.3 is 14.3 Å². The van der Waals surface area contributed by atoms with E-state index in [1.807, 2.05) is 0 Å². The molecule has 0 spiro atoms. The highest BCUT2D eigenvalue weighted by Gasteiger charge is 2.45. The molecule has 0 radical (unpaired) electrons. The lowest BCUT2D eigenvalue weighted by atomic mass is 9.94. The van der Waals surface area contributed by atoms with Gasteiger partial charge in [0.15, 0.2) is 22.9 Å². The Hall–Kier alpha value is -3.81. The lowest BCUT2D eigenvalue weighted by Crippen LogP contribution is -2.31. The van der Waals surface area contributed by atoms with E-state index >= 15 is 0 Å². The molecule has 0 fully saturated rings. The van der Waals surface area contributed by atoms with Gasteiger partial charge in [-0.3, -0.25) is 14.5 Å². The van der Waals surface area contributed by atoms with Gasteiger partial charge in [-0.05, 0) is 48.0 Å². The van der Waals surface area contributed by atoms with E-state index in [1.165, 1.54) is 31.4 Å². The zero-order chi connectivity index (χ0) is 24.9. The summed E-state index contributed by atoms with van der Waals surface area (Å²) in [4.78, 5) is 28.0. The van der Waals surface area contributed by atoms with Crippen molar-refractivity contribution in [3.05, 3.63) is 105 Å². The number of aliphatic hydroxyl groups is 1. The van der Waals surface area contributed by atoms with Crippen molar-refractivity contribution in [3.63, 3.8) is 0 Å². The van der Waals surface area contributed by atoms with Crippen LogP contribution in [0.15, 0.2) is 82.5 Å². The minimum atomic E-state index is -1.06. The number of benzene rings is 3. The van der Waals surface area contributed by atoms with Crippen LogP contribution in [0.3, 0.4) is 0 Å². The van der Waals surface area contributed by atoms with Crippen LogP contribution in [-0.4, -0.2) is 23.9 Å². The van der Waals surface area contributed by atoms with E-state index in [0.717, 1.165) is 11.0 Å². The number of carbonyl (C=O) groups is 2. The predicted octanol–water partition coefficient (Wildman–Crippen LogP) is 6.67. The second kappa shape index (κ2) is 8.76. The average molecular weight is 512 g/mol. The number of hydrogen-bond acceptors (Lipinski definition) is 5. The molecule has 5 rings (SSSR count). The summed E-state index contributed by atoms with van der Waals surface area (Å²) in [5, 5.41) is 12.2. The van der Waals surface area contributed by atoms with Gasteiger partial charge in [-0.1, -0.05) is 41.4 Å². The number of halogens is 3. The first kappa shape index (κ1) is 23.0. The van der Waals surface area contributed by atoms with E-state index in [0.29, 0.717) is 26.7 Å². The number of carbonyl (C=O) groups excluding carboxylic acids is 2. The Morgan fingerprint density at radius 1 is 1.06 bits per heavy atom. The summed E-state index contributed by atoms with van der Waals surface area (Å²) in [6, 6.07) is 15.3. The van der Waals surface area contributed by atoms with E-state index in [4.69, 9.17) is 32.4 Å². The second-order valence-corrected chi connectivity index (χ2v) is 8.71. The Balaban J connectivity index is 1.67. The molecular weight excluding hydrogens is 496 g/mol. The van der Waals surface area contributed by atoms with Crippen LogP contribution in [-0.2, 0) is 4.79 Å². The third-order valence-electron chi connectivity index (χ3n) is 5.72. The lowest BCUT2D eigenvalue weighted by Gasteiger charge is -2.26. The summed E-state index contributed by atoms with van der Waals surface area (Å²) in [6.45, 7) is 0. The highest BCUT2D eigenvalue weighted by atomic mass is 35.5. The van der Waals surface area contributed by atoms with Crippen LogP contribution in [0, 0.1) is 5.82 Å². The van der Waals surface area contributed by atoms with Crippen molar-refractivity contribution in [1.82, 2.24) is 0 Å². The highest BCUT2D eigenvalue weighted by molar-refractivity contribution is 6.31. The van der Waals surface area contributed by atoms with E-state index in [1.54, 1.807) is 36.4 Å². The first-order valence-electron chi connectivity index (χ1n) is 10.4. The number of ether oxygens (including phenoxy) is 1. The number of hydrogen-bond donors (Lipinski definition) is 1. The topological polar surface area (TPSA) is 80.0 Å². The van der Waals surface area contributed by atoms with Crippen molar-refractivity contribution in [2.45, 2.75) is 6.04 Å². The van der Waals surface area contributed by atoms with Crippen LogP contribution < -0.4 is 9.64 Å². The molecule has 1 unspecified atom stereocenters. The van der Waals surface area contributed by atoms with Gasteiger partial charge in [-0.25, -0.2) is 4.39 Å². The van der Waals surface area contributed by atoms with E-state index in [9.17, 15) is 19.1 Å². The first-order chi connectivity index (χ1) is 16.8. The number of ketones is 1. The van der Waals surface area contributed by atoms with Crippen molar-refractivity contribution in [2.24, 2.45) is 0 Å². The van der Waals surface area contributed by atoms with Crippen molar-refractivity contribution >= 4 is 51.5 Å². The molecule has 1 aromatic heterocycles. The molecule has 1 amide bonds. The molecule has 0 saturated heterocycles. The number of amides is 1. The van der Waals surface area contributed by atoms with E-state index < -0.39 is 29.3 Å².